The molecule has 0 aromatic heterocycles. The summed E-state index contributed by atoms with van der Waals surface area (Å²) < 4.78 is 37.8. The van der Waals surface area contributed by atoms with Crippen LogP contribution in [0.5, 0.6) is 5.75 Å². The smallest absolute Gasteiger partial charge is 0.243 e. The summed E-state index contributed by atoms with van der Waals surface area (Å²) in [5.41, 5.74) is 0.371. The number of benzene rings is 1. The fraction of sp³-hybridized carbons (Fsp3) is 0.588. The molecular weight excluding hydrogens is 358 g/mol. The molecular formula is C17H27N3O5S. The number of ether oxygens (including phenoxy) is 2. The highest BCUT2D eigenvalue weighted by atomic mass is 32.2. The number of morpholine rings is 1. The van der Waals surface area contributed by atoms with Gasteiger partial charge in [0.15, 0.2) is 0 Å². The van der Waals surface area contributed by atoms with Gasteiger partial charge in [-0.1, -0.05) is 0 Å². The van der Waals surface area contributed by atoms with Crippen molar-refractivity contribution in [3.05, 3.63) is 18.2 Å². The van der Waals surface area contributed by atoms with Gasteiger partial charge in [0, 0.05) is 19.5 Å². The first kappa shape index (κ1) is 20.6. The van der Waals surface area contributed by atoms with E-state index in [1.165, 1.54) is 16.4 Å². The van der Waals surface area contributed by atoms with E-state index in [0.29, 0.717) is 57.2 Å². The molecule has 0 radical (unpaired) electrons. The Labute approximate surface area is 154 Å². The predicted molar refractivity (Wildman–Crippen MR) is 99.0 cm³/mol. The predicted octanol–water partition coefficient (Wildman–Crippen LogP) is 1.04. The molecule has 1 heterocycles. The summed E-state index contributed by atoms with van der Waals surface area (Å²) in [4.78, 5) is 12.3. The van der Waals surface area contributed by atoms with Crippen LogP contribution in [-0.2, 0) is 19.6 Å². The molecule has 1 aliphatic rings. The maximum atomic E-state index is 12.8. The molecule has 0 unspecified atom stereocenters. The SMILES string of the molecule is CCOc1ccc(S(=O)(=O)N2CCOCC2)cc1NC(=O)CCCNC. The first-order chi connectivity index (χ1) is 12.5. The number of sulfonamides is 1. The van der Waals surface area contributed by atoms with Crippen LogP contribution in [0.4, 0.5) is 5.69 Å². The Morgan fingerprint density at radius 2 is 2.04 bits per heavy atom. The van der Waals surface area contributed by atoms with E-state index in [2.05, 4.69) is 10.6 Å². The summed E-state index contributed by atoms with van der Waals surface area (Å²) in [5.74, 6) is 0.275. The topological polar surface area (TPSA) is 97.0 Å². The first-order valence-corrected chi connectivity index (χ1v) is 10.2. The van der Waals surface area contributed by atoms with Crippen molar-refractivity contribution >= 4 is 21.6 Å². The highest BCUT2D eigenvalue weighted by Gasteiger charge is 2.27. The summed E-state index contributed by atoms with van der Waals surface area (Å²) in [6.07, 6.45) is 1.03. The zero-order valence-corrected chi connectivity index (χ0v) is 16.1. The van der Waals surface area contributed by atoms with E-state index >= 15 is 0 Å². The van der Waals surface area contributed by atoms with Crippen molar-refractivity contribution in [3.8, 4) is 5.75 Å². The summed E-state index contributed by atoms with van der Waals surface area (Å²) in [6.45, 7) is 4.38. The molecule has 0 bridgehead atoms. The van der Waals surface area contributed by atoms with Crippen LogP contribution in [0.3, 0.4) is 0 Å². The molecule has 2 rings (SSSR count). The van der Waals surface area contributed by atoms with Crippen LogP contribution < -0.4 is 15.4 Å². The second-order valence-electron chi connectivity index (χ2n) is 5.86. The van der Waals surface area contributed by atoms with Gasteiger partial charge in [-0.05, 0) is 45.1 Å². The van der Waals surface area contributed by atoms with Crippen LogP contribution in [0.2, 0.25) is 0 Å². The maximum Gasteiger partial charge on any atom is 0.243 e. The highest BCUT2D eigenvalue weighted by Crippen LogP contribution is 2.29. The number of hydrogen-bond acceptors (Lipinski definition) is 6. The van der Waals surface area contributed by atoms with Crippen molar-refractivity contribution < 1.29 is 22.7 Å². The van der Waals surface area contributed by atoms with Crippen LogP contribution in [-0.4, -0.2) is 65.1 Å². The summed E-state index contributed by atoms with van der Waals surface area (Å²) in [5, 5.41) is 5.75. The van der Waals surface area contributed by atoms with Crippen molar-refractivity contribution in [3.63, 3.8) is 0 Å². The van der Waals surface area contributed by atoms with Crippen LogP contribution in [0, 0.1) is 0 Å². The number of amides is 1. The van der Waals surface area contributed by atoms with E-state index in [-0.39, 0.29) is 10.8 Å². The van der Waals surface area contributed by atoms with Crippen molar-refractivity contribution in [2.75, 3.05) is 51.8 Å². The largest absolute Gasteiger partial charge is 0.492 e. The van der Waals surface area contributed by atoms with Crippen molar-refractivity contribution in [1.82, 2.24) is 9.62 Å². The minimum atomic E-state index is -3.64. The van der Waals surface area contributed by atoms with Gasteiger partial charge < -0.3 is 20.1 Å². The van der Waals surface area contributed by atoms with Gasteiger partial charge in [-0.15, -0.1) is 0 Å². The van der Waals surface area contributed by atoms with Crippen molar-refractivity contribution in [2.45, 2.75) is 24.7 Å². The van der Waals surface area contributed by atoms with Gasteiger partial charge in [0.05, 0.1) is 30.4 Å². The number of carbonyl (C=O) groups excluding carboxylic acids is 1. The number of anilines is 1. The van der Waals surface area contributed by atoms with Crippen molar-refractivity contribution in [1.29, 1.82) is 0 Å². The zero-order chi connectivity index (χ0) is 19.0. The Morgan fingerprint density at radius 3 is 2.69 bits per heavy atom. The molecule has 0 atom stereocenters. The summed E-state index contributed by atoms with van der Waals surface area (Å²) in [6, 6.07) is 4.55. The van der Waals surface area contributed by atoms with E-state index in [1.54, 1.807) is 6.07 Å². The third-order valence-corrected chi connectivity index (χ3v) is 5.86. The average Bonchev–Trinajstić information content (AvgIpc) is 2.64. The van der Waals surface area contributed by atoms with Crippen LogP contribution in [0.25, 0.3) is 0 Å². The maximum absolute atomic E-state index is 12.8. The van der Waals surface area contributed by atoms with E-state index < -0.39 is 10.0 Å². The first-order valence-electron chi connectivity index (χ1n) is 8.78. The Kier molecular flexibility index (Phi) is 7.83. The lowest BCUT2D eigenvalue weighted by molar-refractivity contribution is -0.116. The van der Waals surface area contributed by atoms with Crippen LogP contribution in [0.1, 0.15) is 19.8 Å². The molecule has 1 fully saturated rings. The molecule has 0 saturated carbocycles. The third kappa shape index (κ3) is 5.41. The molecule has 146 valence electrons. The second kappa shape index (κ2) is 9.86. The molecule has 1 amide bonds. The van der Waals surface area contributed by atoms with E-state index in [9.17, 15) is 13.2 Å². The number of nitrogens with one attached hydrogen (secondary N) is 2. The Bertz CT molecular complexity index is 702. The van der Waals surface area contributed by atoms with E-state index in [4.69, 9.17) is 9.47 Å². The van der Waals surface area contributed by atoms with Gasteiger partial charge >= 0.3 is 0 Å². The molecule has 0 spiro atoms. The fourth-order valence-corrected chi connectivity index (χ4v) is 4.06. The molecule has 2 N–H and O–H groups in total. The Hall–Kier alpha value is -1.68. The normalized spacial score (nSPS) is 15.6. The fourth-order valence-electron chi connectivity index (χ4n) is 2.62. The monoisotopic (exact) mass is 385 g/mol. The van der Waals surface area contributed by atoms with Gasteiger partial charge in [0.1, 0.15) is 5.75 Å². The molecule has 1 aromatic rings. The van der Waals surface area contributed by atoms with Gasteiger partial charge in [-0.3, -0.25) is 4.79 Å². The Morgan fingerprint density at radius 1 is 1.31 bits per heavy atom. The highest BCUT2D eigenvalue weighted by molar-refractivity contribution is 7.89. The second-order valence-corrected chi connectivity index (χ2v) is 7.80. The molecule has 26 heavy (non-hydrogen) atoms. The number of carbonyl (C=O) groups is 1. The van der Waals surface area contributed by atoms with Gasteiger partial charge in [-0.25, -0.2) is 8.42 Å². The lowest BCUT2D eigenvalue weighted by Crippen LogP contribution is -2.40. The van der Waals surface area contributed by atoms with E-state index in [0.717, 1.165) is 6.54 Å². The zero-order valence-electron chi connectivity index (χ0n) is 15.3. The average molecular weight is 385 g/mol. The van der Waals surface area contributed by atoms with Gasteiger partial charge in [0.25, 0.3) is 0 Å². The molecule has 0 aliphatic carbocycles. The molecule has 1 saturated heterocycles. The van der Waals surface area contributed by atoms with Gasteiger partial charge in [0.2, 0.25) is 15.9 Å². The minimum Gasteiger partial charge on any atom is -0.492 e. The standard InChI is InChI=1S/C17H27N3O5S/c1-3-25-16-7-6-14(26(22,23)20-9-11-24-12-10-20)13-15(16)19-17(21)5-4-8-18-2/h6-7,13,18H,3-5,8-12H2,1-2H3,(H,19,21). The molecule has 1 aromatic carbocycles. The minimum absolute atomic E-state index is 0.133. The number of hydrogen-bond donors (Lipinski definition) is 2. The number of nitrogens with zero attached hydrogens (tertiary/aromatic N) is 1. The molecule has 9 heteroatoms. The Balaban J connectivity index is 2.22. The summed E-state index contributed by atoms with van der Waals surface area (Å²) in [7, 11) is -1.81. The quantitative estimate of drug-likeness (QED) is 0.617. The van der Waals surface area contributed by atoms with Gasteiger partial charge in [-0.2, -0.15) is 4.31 Å². The lowest BCUT2D eigenvalue weighted by Gasteiger charge is -2.26. The van der Waals surface area contributed by atoms with Crippen LogP contribution in [0.15, 0.2) is 23.1 Å². The number of rotatable bonds is 9. The van der Waals surface area contributed by atoms with Crippen LogP contribution >= 0.6 is 0 Å². The molecule has 8 nitrogen and oxygen atoms in total. The summed E-state index contributed by atoms with van der Waals surface area (Å²) >= 11 is 0. The third-order valence-electron chi connectivity index (χ3n) is 3.96. The lowest BCUT2D eigenvalue weighted by atomic mass is 10.2. The van der Waals surface area contributed by atoms with E-state index in [1.807, 2.05) is 14.0 Å². The molecule has 1 aliphatic heterocycles. The van der Waals surface area contributed by atoms with Crippen molar-refractivity contribution in [2.24, 2.45) is 0 Å².